The zero-order valence-electron chi connectivity index (χ0n) is 12.9. The Labute approximate surface area is 130 Å². The summed E-state index contributed by atoms with van der Waals surface area (Å²) in [6.45, 7) is 2.26. The molecule has 22 heavy (non-hydrogen) atoms. The minimum absolute atomic E-state index is 0.0393. The van der Waals surface area contributed by atoms with Gasteiger partial charge in [-0.1, -0.05) is 18.2 Å². The lowest BCUT2D eigenvalue weighted by Crippen LogP contribution is -2.31. The molecular formula is C18H19N3O. The summed E-state index contributed by atoms with van der Waals surface area (Å²) in [4.78, 5) is 19.1. The predicted molar refractivity (Wildman–Crippen MR) is 85.5 cm³/mol. The molecule has 0 unspecified atom stereocenters. The maximum Gasteiger partial charge on any atom is 0.254 e. The van der Waals surface area contributed by atoms with Gasteiger partial charge in [-0.3, -0.25) is 9.78 Å². The highest BCUT2D eigenvalue weighted by Gasteiger charge is 2.27. The van der Waals surface area contributed by atoms with Crippen LogP contribution in [0.15, 0.2) is 30.3 Å². The molecule has 0 N–H and O–H groups in total. The molecular weight excluding hydrogens is 274 g/mol. The number of pyridine rings is 1. The Hall–Kier alpha value is -2.41. The Balaban J connectivity index is 2.01. The first-order chi connectivity index (χ1) is 10.6. The molecule has 0 spiro atoms. The van der Waals surface area contributed by atoms with Crippen LogP contribution in [0.1, 0.15) is 41.7 Å². The van der Waals surface area contributed by atoms with Crippen molar-refractivity contribution in [3.63, 3.8) is 0 Å². The molecule has 1 atom stereocenters. The summed E-state index contributed by atoms with van der Waals surface area (Å²) in [5.41, 5.74) is 2.58. The molecule has 2 aromatic rings. The van der Waals surface area contributed by atoms with Gasteiger partial charge in [0.2, 0.25) is 0 Å². The number of rotatable bonds is 4. The van der Waals surface area contributed by atoms with Gasteiger partial charge in [-0.25, -0.2) is 0 Å². The summed E-state index contributed by atoms with van der Waals surface area (Å²) in [6, 6.07) is 11.9. The summed E-state index contributed by atoms with van der Waals surface area (Å²) >= 11 is 0. The molecule has 0 bridgehead atoms. The van der Waals surface area contributed by atoms with Crippen LogP contribution < -0.4 is 0 Å². The summed E-state index contributed by atoms with van der Waals surface area (Å²) in [7, 11) is 1.75. The maximum absolute atomic E-state index is 12.8. The van der Waals surface area contributed by atoms with E-state index < -0.39 is 0 Å². The lowest BCUT2D eigenvalue weighted by molar-refractivity contribution is 0.0787. The highest BCUT2D eigenvalue weighted by Crippen LogP contribution is 2.40. The number of hydrogen-bond acceptors (Lipinski definition) is 3. The van der Waals surface area contributed by atoms with Crippen LogP contribution >= 0.6 is 0 Å². The van der Waals surface area contributed by atoms with E-state index in [0.717, 1.165) is 29.4 Å². The van der Waals surface area contributed by atoms with Gasteiger partial charge in [0.05, 0.1) is 23.1 Å². The molecule has 3 rings (SSSR count). The molecule has 112 valence electrons. The first-order valence-corrected chi connectivity index (χ1v) is 7.65. The fourth-order valence-corrected chi connectivity index (χ4v) is 2.70. The van der Waals surface area contributed by atoms with Gasteiger partial charge < -0.3 is 4.90 Å². The lowest BCUT2D eigenvalue weighted by Gasteiger charge is -2.19. The van der Waals surface area contributed by atoms with Crippen molar-refractivity contribution in [3.05, 3.63) is 41.6 Å². The molecule has 1 saturated carbocycles. The minimum atomic E-state index is -0.176. The van der Waals surface area contributed by atoms with Crippen molar-refractivity contribution in [2.45, 2.75) is 25.7 Å². The number of fused-ring (bicyclic) bond motifs is 1. The van der Waals surface area contributed by atoms with Crippen molar-refractivity contribution in [2.24, 2.45) is 5.92 Å². The summed E-state index contributed by atoms with van der Waals surface area (Å²) < 4.78 is 0. The Kier molecular flexibility index (Phi) is 3.81. The van der Waals surface area contributed by atoms with Crippen molar-refractivity contribution in [3.8, 4) is 6.07 Å². The average Bonchev–Trinajstić information content (AvgIpc) is 3.37. The average molecular weight is 293 g/mol. The number of benzene rings is 1. The second-order valence-electron chi connectivity index (χ2n) is 6.10. The Morgan fingerprint density at radius 2 is 2.18 bits per heavy atom. The van der Waals surface area contributed by atoms with E-state index in [1.54, 1.807) is 11.9 Å². The van der Waals surface area contributed by atoms with Crippen LogP contribution in [0.25, 0.3) is 10.9 Å². The maximum atomic E-state index is 12.8. The van der Waals surface area contributed by atoms with Gasteiger partial charge >= 0.3 is 0 Å². The lowest BCUT2D eigenvalue weighted by atomic mass is 10.0. The second-order valence-corrected chi connectivity index (χ2v) is 6.10. The number of carbonyl (C=O) groups excluding carboxylic acids is 1. The van der Waals surface area contributed by atoms with E-state index in [4.69, 9.17) is 10.2 Å². The molecule has 1 heterocycles. The van der Waals surface area contributed by atoms with Crippen LogP contribution in [0.4, 0.5) is 0 Å². The van der Waals surface area contributed by atoms with Crippen molar-refractivity contribution >= 4 is 16.8 Å². The number of hydrogen-bond donors (Lipinski definition) is 0. The van der Waals surface area contributed by atoms with Crippen LogP contribution in [0.3, 0.4) is 0 Å². The minimum Gasteiger partial charge on any atom is -0.340 e. The van der Waals surface area contributed by atoms with E-state index in [-0.39, 0.29) is 11.8 Å². The number of nitriles is 1. The van der Waals surface area contributed by atoms with Crippen LogP contribution in [-0.2, 0) is 0 Å². The molecule has 4 nitrogen and oxygen atoms in total. The molecule has 1 aromatic heterocycles. The van der Waals surface area contributed by atoms with E-state index in [9.17, 15) is 4.79 Å². The molecule has 0 radical (unpaired) electrons. The van der Waals surface area contributed by atoms with E-state index in [2.05, 4.69) is 6.07 Å². The Morgan fingerprint density at radius 1 is 1.45 bits per heavy atom. The van der Waals surface area contributed by atoms with Crippen molar-refractivity contribution in [2.75, 3.05) is 13.6 Å². The van der Waals surface area contributed by atoms with E-state index >= 15 is 0 Å². The van der Waals surface area contributed by atoms with Crippen LogP contribution in [-0.4, -0.2) is 29.4 Å². The van der Waals surface area contributed by atoms with Crippen LogP contribution in [0, 0.1) is 17.2 Å². The molecule has 1 amide bonds. The largest absolute Gasteiger partial charge is 0.340 e. The quantitative estimate of drug-likeness (QED) is 0.868. The van der Waals surface area contributed by atoms with Crippen molar-refractivity contribution in [1.82, 2.24) is 9.88 Å². The summed E-state index contributed by atoms with van der Waals surface area (Å²) in [5, 5.41) is 9.82. The third-order valence-corrected chi connectivity index (χ3v) is 4.08. The van der Waals surface area contributed by atoms with Gasteiger partial charge in [-0.2, -0.15) is 5.26 Å². The molecule has 4 heteroatoms. The fourth-order valence-electron chi connectivity index (χ4n) is 2.70. The normalized spacial score (nSPS) is 15.3. The van der Waals surface area contributed by atoms with Gasteiger partial charge in [-0.05, 0) is 31.9 Å². The van der Waals surface area contributed by atoms with Gasteiger partial charge in [0.15, 0.2) is 0 Å². The topological polar surface area (TPSA) is 57.0 Å². The SMILES string of the molecule is C[C@H](C#N)CN(C)C(=O)c1cc(C2CC2)nc2ccccc12. The van der Waals surface area contributed by atoms with E-state index in [0.29, 0.717) is 18.0 Å². The number of amides is 1. The molecule has 0 aliphatic heterocycles. The number of aromatic nitrogens is 1. The molecule has 1 fully saturated rings. The molecule has 1 aliphatic rings. The van der Waals surface area contributed by atoms with Crippen LogP contribution in [0.2, 0.25) is 0 Å². The first-order valence-electron chi connectivity index (χ1n) is 7.65. The van der Waals surface area contributed by atoms with Crippen molar-refractivity contribution in [1.29, 1.82) is 5.26 Å². The predicted octanol–water partition coefficient (Wildman–Crippen LogP) is 3.34. The van der Waals surface area contributed by atoms with Gasteiger partial charge in [0.1, 0.15) is 0 Å². The number of nitrogens with zero attached hydrogens (tertiary/aromatic N) is 3. The zero-order valence-corrected chi connectivity index (χ0v) is 12.9. The summed E-state index contributed by atoms with van der Waals surface area (Å²) in [6.07, 6.45) is 2.31. The van der Waals surface area contributed by atoms with Gasteiger partial charge in [-0.15, -0.1) is 0 Å². The highest BCUT2D eigenvalue weighted by atomic mass is 16.2. The molecule has 1 aliphatic carbocycles. The standard InChI is InChI=1S/C18H19N3O/c1-12(10-19)11-21(2)18(22)15-9-17(13-7-8-13)20-16-6-4-3-5-14(15)16/h3-6,9,12-13H,7-8,11H2,1-2H3/t12-/m1/s1. The van der Waals surface area contributed by atoms with Crippen molar-refractivity contribution < 1.29 is 4.79 Å². The summed E-state index contributed by atoms with van der Waals surface area (Å²) in [5.74, 6) is 0.284. The smallest absolute Gasteiger partial charge is 0.254 e. The third-order valence-electron chi connectivity index (χ3n) is 4.08. The zero-order chi connectivity index (χ0) is 15.7. The third kappa shape index (κ3) is 2.80. The second kappa shape index (κ2) is 5.76. The Morgan fingerprint density at radius 3 is 2.86 bits per heavy atom. The van der Waals surface area contributed by atoms with Gasteiger partial charge in [0, 0.05) is 30.6 Å². The van der Waals surface area contributed by atoms with Gasteiger partial charge in [0.25, 0.3) is 5.91 Å². The van der Waals surface area contributed by atoms with Crippen LogP contribution in [0.5, 0.6) is 0 Å². The van der Waals surface area contributed by atoms with E-state index in [1.807, 2.05) is 37.3 Å². The monoisotopic (exact) mass is 293 g/mol. The number of carbonyl (C=O) groups is 1. The van der Waals surface area contributed by atoms with E-state index in [1.165, 1.54) is 0 Å². The fraction of sp³-hybridized carbons (Fsp3) is 0.389. The highest BCUT2D eigenvalue weighted by molar-refractivity contribution is 6.06. The molecule has 1 aromatic carbocycles. The number of para-hydroxylation sites is 1. The first kappa shape index (κ1) is 14.5. The molecule has 0 saturated heterocycles. The Bertz CT molecular complexity index is 759.